The van der Waals surface area contributed by atoms with Gasteiger partial charge in [-0.05, 0) is 25.7 Å². The molecule has 5 nitrogen and oxygen atoms in total. The van der Waals surface area contributed by atoms with Crippen molar-refractivity contribution in [2.75, 3.05) is 18.1 Å². The lowest BCUT2D eigenvalue weighted by Gasteiger charge is -2.35. The first-order chi connectivity index (χ1) is 8.65. The Kier molecular flexibility index (Phi) is 6.58. The van der Waals surface area contributed by atoms with Crippen molar-refractivity contribution in [1.29, 1.82) is 5.26 Å². The van der Waals surface area contributed by atoms with Crippen molar-refractivity contribution in [3.05, 3.63) is 0 Å². The quantitative estimate of drug-likeness (QED) is 0.739. The molecule has 1 N–H and O–H groups in total. The summed E-state index contributed by atoms with van der Waals surface area (Å²) in [6.07, 6.45) is 3.57. The zero-order chi connectivity index (χ0) is 13.4. The maximum absolute atomic E-state index is 12.0. The van der Waals surface area contributed by atoms with E-state index in [1.165, 1.54) is 11.8 Å². The minimum atomic E-state index is -0.813. The van der Waals surface area contributed by atoms with Gasteiger partial charge in [0.15, 0.2) is 0 Å². The van der Waals surface area contributed by atoms with Crippen molar-refractivity contribution in [1.82, 2.24) is 4.90 Å². The van der Waals surface area contributed by atoms with E-state index in [0.29, 0.717) is 17.9 Å². The number of carbonyl (C=O) groups is 2. The summed E-state index contributed by atoms with van der Waals surface area (Å²) in [5.41, 5.74) is 0. The second kappa shape index (κ2) is 7.98. The first-order valence-corrected chi connectivity index (χ1v) is 7.26. The van der Waals surface area contributed by atoms with Gasteiger partial charge < -0.3 is 10.0 Å². The largest absolute Gasteiger partial charge is 0.481 e. The summed E-state index contributed by atoms with van der Waals surface area (Å²) in [6, 6.07) is 2.05. The van der Waals surface area contributed by atoms with Gasteiger partial charge in [-0.15, -0.1) is 11.8 Å². The Bertz CT molecular complexity index is 341. The highest BCUT2D eigenvalue weighted by Gasteiger charge is 2.26. The fourth-order valence-corrected chi connectivity index (χ4v) is 2.72. The Morgan fingerprint density at radius 3 is 2.89 bits per heavy atom. The number of carboxylic acid groups (broad SMARTS) is 1. The average molecular weight is 270 g/mol. The van der Waals surface area contributed by atoms with Crippen LogP contribution in [0.5, 0.6) is 0 Å². The number of likely N-dealkylation sites (tertiary alicyclic amines) is 1. The Balaban J connectivity index is 2.45. The van der Waals surface area contributed by atoms with Gasteiger partial charge in [-0.2, -0.15) is 5.26 Å². The maximum Gasteiger partial charge on any atom is 0.303 e. The predicted molar refractivity (Wildman–Crippen MR) is 69.2 cm³/mol. The molecule has 100 valence electrons. The third kappa shape index (κ3) is 4.96. The van der Waals surface area contributed by atoms with Crippen LogP contribution in [0.4, 0.5) is 0 Å². The second-order valence-corrected chi connectivity index (χ2v) is 5.31. The molecular weight excluding hydrogens is 252 g/mol. The highest BCUT2D eigenvalue weighted by Crippen LogP contribution is 2.21. The van der Waals surface area contributed by atoms with Gasteiger partial charge in [-0.3, -0.25) is 9.59 Å². The topological polar surface area (TPSA) is 81.4 Å². The van der Waals surface area contributed by atoms with Crippen LogP contribution in [0.1, 0.15) is 32.1 Å². The van der Waals surface area contributed by atoms with Crippen LogP contribution >= 0.6 is 11.8 Å². The third-order valence-electron chi connectivity index (χ3n) is 3.03. The van der Waals surface area contributed by atoms with E-state index in [4.69, 9.17) is 10.4 Å². The van der Waals surface area contributed by atoms with Crippen LogP contribution in [0, 0.1) is 11.3 Å². The molecule has 0 spiro atoms. The number of hydrogen-bond acceptors (Lipinski definition) is 4. The highest BCUT2D eigenvalue weighted by molar-refractivity contribution is 8.00. The molecule has 1 fully saturated rings. The molecular formula is C12H18N2O3S. The molecule has 18 heavy (non-hydrogen) atoms. The molecule has 1 amide bonds. The molecule has 1 aliphatic rings. The number of carboxylic acids is 1. The lowest BCUT2D eigenvalue weighted by atomic mass is 9.98. The molecule has 0 radical (unpaired) electrons. The number of rotatable bonds is 6. The SMILES string of the molecule is N#CCSCC(=O)N1CCCCC1CCC(=O)O. The Morgan fingerprint density at radius 2 is 2.22 bits per heavy atom. The maximum atomic E-state index is 12.0. The number of carbonyl (C=O) groups excluding carboxylic acids is 1. The minimum Gasteiger partial charge on any atom is -0.481 e. The second-order valence-electron chi connectivity index (χ2n) is 4.32. The van der Waals surface area contributed by atoms with Crippen LogP contribution in [0.15, 0.2) is 0 Å². The number of aliphatic carboxylic acids is 1. The number of amides is 1. The molecule has 0 aromatic heterocycles. The number of thioether (sulfide) groups is 1. The van der Waals surface area contributed by atoms with E-state index in [1.54, 1.807) is 4.90 Å². The van der Waals surface area contributed by atoms with E-state index in [-0.39, 0.29) is 18.4 Å². The van der Waals surface area contributed by atoms with Crippen molar-refractivity contribution in [2.45, 2.75) is 38.1 Å². The zero-order valence-electron chi connectivity index (χ0n) is 10.3. The van der Waals surface area contributed by atoms with Crippen molar-refractivity contribution >= 4 is 23.6 Å². The van der Waals surface area contributed by atoms with Gasteiger partial charge in [-0.25, -0.2) is 0 Å². The molecule has 0 saturated carbocycles. The van der Waals surface area contributed by atoms with Gasteiger partial charge in [0.2, 0.25) is 5.91 Å². The minimum absolute atomic E-state index is 0.0327. The Hall–Kier alpha value is -1.22. The molecule has 1 heterocycles. The molecule has 0 aliphatic carbocycles. The number of nitrogens with zero attached hydrogens (tertiary/aromatic N) is 2. The third-order valence-corrected chi connectivity index (χ3v) is 3.82. The molecule has 0 bridgehead atoms. The van der Waals surface area contributed by atoms with Crippen LogP contribution < -0.4 is 0 Å². The number of piperidine rings is 1. The van der Waals surface area contributed by atoms with Gasteiger partial charge in [-0.1, -0.05) is 0 Å². The average Bonchev–Trinajstić information content (AvgIpc) is 2.37. The monoisotopic (exact) mass is 270 g/mol. The molecule has 1 aliphatic heterocycles. The Labute approximate surface area is 111 Å². The summed E-state index contributed by atoms with van der Waals surface area (Å²) >= 11 is 1.31. The summed E-state index contributed by atoms with van der Waals surface area (Å²) in [4.78, 5) is 24.4. The standard InChI is InChI=1S/C12H18N2O3S/c13-6-8-18-9-11(15)14-7-2-1-3-10(14)4-5-12(16)17/h10H,1-5,7-9H2,(H,16,17). The van der Waals surface area contributed by atoms with Gasteiger partial charge in [0.1, 0.15) is 0 Å². The van der Waals surface area contributed by atoms with E-state index in [1.807, 2.05) is 6.07 Å². The molecule has 1 rings (SSSR count). The first-order valence-electron chi connectivity index (χ1n) is 6.11. The fraction of sp³-hybridized carbons (Fsp3) is 0.750. The molecule has 0 aromatic rings. The van der Waals surface area contributed by atoms with E-state index < -0.39 is 5.97 Å². The van der Waals surface area contributed by atoms with Crippen molar-refractivity contribution < 1.29 is 14.7 Å². The van der Waals surface area contributed by atoms with Gasteiger partial charge in [0.25, 0.3) is 0 Å². The summed E-state index contributed by atoms with van der Waals surface area (Å²) in [5, 5.41) is 17.1. The molecule has 1 atom stereocenters. The molecule has 1 saturated heterocycles. The van der Waals surface area contributed by atoms with Crippen LogP contribution in [-0.2, 0) is 9.59 Å². The zero-order valence-corrected chi connectivity index (χ0v) is 11.1. The fourth-order valence-electron chi connectivity index (χ4n) is 2.19. The van der Waals surface area contributed by atoms with Crippen LogP contribution in [0.25, 0.3) is 0 Å². The normalized spacial score (nSPS) is 19.3. The lowest BCUT2D eigenvalue weighted by Crippen LogP contribution is -2.44. The van der Waals surface area contributed by atoms with Crippen molar-refractivity contribution in [3.8, 4) is 6.07 Å². The van der Waals surface area contributed by atoms with Crippen LogP contribution in [0.2, 0.25) is 0 Å². The van der Waals surface area contributed by atoms with Gasteiger partial charge >= 0.3 is 5.97 Å². The van der Waals surface area contributed by atoms with E-state index in [9.17, 15) is 9.59 Å². The Morgan fingerprint density at radius 1 is 1.44 bits per heavy atom. The van der Waals surface area contributed by atoms with Crippen LogP contribution in [0.3, 0.4) is 0 Å². The molecule has 6 heteroatoms. The number of hydrogen-bond donors (Lipinski definition) is 1. The van der Waals surface area contributed by atoms with E-state index in [0.717, 1.165) is 25.8 Å². The van der Waals surface area contributed by atoms with Crippen molar-refractivity contribution in [2.24, 2.45) is 0 Å². The predicted octanol–water partition coefficient (Wildman–Crippen LogP) is 1.49. The summed E-state index contributed by atoms with van der Waals surface area (Å²) in [7, 11) is 0. The van der Waals surface area contributed by atoms with Crippen LogP contribution in [-0.4, -0.2) is 46.0 Å². The summed E-state index contributed by atoms with van der Waals surface area (Å²) in [5.74, 6) is -0.145. The number of nitriles is 1. The van der Waals surface area contributed by atoms with E-state index >= 15 is 0 Å². The first kappa shape index (κ1) is 14.8. The highest BCUT2D eigenvalue weighted by atomic mass is 32.2. The van der Waals surface area contributed by atoms with Crippen molar-refractivity contribution in [3.63, 3.8) is 0 Å². The summed E-state index contributed by atoms with van der Waals surface area (Å²) < 4.78 is 0. The lowest BCUT2D eigenvalue weighted by molar-refractivity contribution is -0.139. The molecule has 0 aromatic carbocycles. The molecule has 1 unspecified atom stereocenters. The summed E-state index contributed by atoms with van der Waals surface area (Å²) in [6.45, 7) is 0.718. The van der Waals surface area contributed by atoms with Gasteiger partial charge in [0.05, 0.1) is 17.6 Å². The van der Waals surface area contributed by atoms with Gasteiger partial charge in [0, 0.05) is 19.0 Å². The smallest absolute Gasteiger partial charge is 0.303 e. The van der Waals surface area contributed by atoms with E-state index in [2.05, 4.69) is 0 Å².